The molecule has 0 N–H and O–H groups in total. The molecule has 1 aromatic carbocycles. The van der Waals surface area contributed by atoms with Gasteiger partial charge in [-0.3, -0.25) is 9.55 Å². The molecule has 0 aliphatic rings. The smallest absolute Gasteiger partial charge is 0.346 e. The molecular formula is C17H16N4O3. The zero-order chi connectivity index (χ0) is 17.1. The lowest BCUT2D eigenvalue weighted by Crippen LogP contribution is -2.23. The van der Waals surface area contributed by atoms with Gasteiger partial charge in [-0.05, 0) is 29.8 Å². The van der Waals surface area contributed by atoms with E-state index in [1.807, 2.05) is 12.1 Å². The van der Waals surface area contributed by atoms with Crippen molar-refractivity contribution < 1.29 is 9.53 Å². The standard InChI is InChI=1S/C17H16N4O3/c1-20-15(14-5-3-4-10-18-14)19-21(17(20)23)11-12-6-8-13(9-7-12)16(22)24-2/h3-10H,11H2,1-2H3. The lowest BCUT2D eigenvalue weighted by atomic mass is 10.1. The summed E-state index contributed by atoms with van der Waals surface area (Å²) in [5.74, 6) is 0.112. The quantitative estimate of drug-likeness (QED) is 0.679. The van der Waals surface area contributed by atoms with Gasteiger partial charge in [0.1, 0.15) is 5.69 Å². The maximum Gasteiger partial charge on any atom is 0.346 e. The molecule has 0 atom stereocenters. The first kappa shape index (κ1) is 15.7. The van der Waals surface area contributed by atoms with Crippen molar-refractivity contribution in [3.63, 3.8) is 0 Å². The van der Waals surface area contributed by atoms with Gasteiger partial charge in [-0.2, -0.15) is 0 Å². The predicted molar refractivity (Wildman–Crippen MR) is 87.6 cm³/mol. The van der Waals surface area contributed by atoms with E-state index in [2.05, 4.69) is 14.8 Å². The van der Waals surface area contributed by atoms with E-state index in [0.717, 1.165) is 5.56 Å². The first-order valence-corrected chi connectivity index (χ1v) is 7.32. The van der Waals surface area contributed by atoms with Crippen LogP contribution in [0.5, 0.6) is 0 Å². The van der Waals surface area contributed by atoms with E-state index in [-0.39, 0.29) is 5.69 Å². The third-order valence-electron chi connectivity index (χ3n) is 3.64. The van der Waals surface area contributed by atoms with Crippen LogP contribution in [0, 0.1) is 0 Å². The highest BCUT2D eigenvalue weighted by atomic mass is 16.5. The molecule has 0 saturated heterocycles. The van der Waals surface area contributed by atoms with Crippen LogP contribution in [0.15, 0.2) is 53.5 Å². The highest BCUT2D eigenvalue weighted by Crippen LogP contribution is 2.12. The second-order valence-corrected chi connectivity index (χ2v) is 5.23. The lowest BCUT2D eigenvalue weighted by Gasteiger charge is -2.02. The Balaban J connectivity index is 1.89. The Morgan fingerprint density at radius 3 is 2.54 bits per heavy atom. The Kier molecular flexibility index (Phi) is 4.24. The minimum atomic E-state index is -0.394. The average molecular weight is 324 g/mol. The number of methoxy groups -OCH3 is 1. The number of hydrogen-bond acceptors (Lipinski definition) is 5. The zero-order valence-electron chi connectivity index (χ0n) is 13.3. The molecule has 3 rings (SSSR count). The van der Waals surface area contributed by atoms with Gasteiger partial charge in [-0.15, -0.1) is 5.10 Å². The van der Waals surface area contributed by atoms with Crippen LogP contribution in [-0.4, -0.2) is 32.4 Å². The summed E-state index contributed by atoms with van der Waals surface area (Å²) >= 11 is 0. The maximum absolute atomic E-state index is 12.4. The normalized spacial score (nSPS) is 10.6. The van der Waals surface area contributed by atoms with Crippen LogP contribution >= 0.6 is 0 Å². The fourth-order valence-electron chi connectivity index (χ4n) is 2.35. The number of carbonyl (C=O) groups excluding carboxylic acids is 1. The molecule has 0 bridgehead atoms. The molecule has 0 saturated carbocycles. The summed E-state index contributed by atoms with van der Waals surface area (Å²) in [7, 11) is 3.00. The Labute approximate surface area is 138 Å². The highest BCUT2D eigenvalue weighted by molar-refractivity contribution is 5.89. The average Bonchev–Trinajstić information content (AvgIpc) is 2.91. The molecule has 0 radical (unpaired) electrons. The number of nitrogens with zero attached hydrogens (tertiary/aromatic N) is 4. The van der Waals surface area contributed by atoms with Gasteiger partial charge in [0.15, 0.2) is 5.82 Å². The van der Waals surface area contributed by atoms with Crippen molar-refractivity contribution in [1.29, 1.82) is 0 Å². The van der Waals surface area contributed by atoms with Crippen molar-refractivity contribution in [2.24, 2.45) is 7.05 Å². The molecule has 122 valence electrons. The summed E-state index contributed by atoms with van der Waals surface area (Å²) in [6.07, 6.45) is 1.66. The zero-order valence-corrected chi connectivity index (χ0v) is 13.3. The van der Waals surface area contributed by atoms with Crippen LogP contribution in [0.25, 0.3) is 11.5 Å². The van der Waals surface area contributed by atoms with E-state index in [1.54, 1.807) is 43.6 Å². The Morgan fingerprint density at radius 1 is 1.17 bits per heavy atom. The molecule has 0 aliphatic heterocycles. The van der Waals surface area contributed by atoms with Crippen LogP contribution in [-0.2, 0) is 18.3 Å². The first-order valence-electron chi connectivity index (χ1n) is 7.32. The van der Waals surface area contributed by atoms with Gasteiger partial charge in [-0.1, -0.05) is 18.2 Å². The Hall–Kier alpha value is -3.22. The molecule has 3 aromatic rings. The van der Waals surface area contributed by atoms with Crippen LogP contribution in [0.3, 0.4) is 0 Å². The molecule has 7 heteroatoms. The second-order valence-electron chi connectivity index (χ2n) is 5.23. The summed E-state index contributed by atoms with van der Waals surface area (Å²) in [6, 6.07) is 12.3. The van der Waals surface area contributed by atoms with Gasteiger partial charge in [0.05, 0.1) is 19.2 Å². The van der Waals surface area contributed by atoms with Gasteiger partial charge < -0.3 is 4.74 Å². The molecule has 2 heterocycles. The summed E-state index contributed by atoms with van der Waals surface area (Å²) in [5.41, 5.74) is 1.73. The van der Waals surface area contributed by atoms with Crippen LogP contribution in [0.2, 0.25) is 0 Å². The van der Waals surface area contributed by atoms with Crippen molar-refractivity contribution in [2.75, 3.05) is 7.11 Å². The number of hydrogen-bond donors (Lipinski definition) is 0. The number of rotatable bonds is 4. The van der Waals surface area contributed by atoms with E-state index >= 15 is 0 Å². The highest BCUT2D eigenvalue weighted by Gasteiger charge is 2.13. The monoisotopic (exact) mass is 324 g/mol. The number of esters is 1. The number of aromatic nitrogens is 4. The topological polar surface area (TPSA) is 79.0 Å². The van der Waals surface area contributed by atoms with Crippen LogP contribution < -0.4 is 5.69 Å². The van der Waals surface area contributed by atoms with Crippen molar-refractivity contribution in [1.82, 2.24) is 19.3 Å². The second kappa shape index (κ2) is 6.49. The van der Waals surface area contributed by atoms with Crippen LogP contribution in [0.4, 0.5) is 0 Å². The number of pyridine rings is 1. The van der Waals surface area contributed by atoms with E-state index in [1.165, 1.54) is 16.4 Å². The number of carbonyl (C=O) groups is 1. The van der Waals surface area contributed by atoms with E-state index in [4.69, 9.17) is 0 Å². The molecule has 0 aliphatic carbocycles. The fourth-order valence-corrected chi connectivity index (χ4v) is 2.35. The molecular weight excluding hydrogens is 308 g/mol. The predicted octanol–water partition coefficient (Wildman–Crippen LogP) is 1.48. The molecule has 7 nitrogen and oxygen atoms in total. The molecule has 0 fully saturated rings. The SMILES string of the molecule is COC(=O)c1ccc(Cn2nc(-c3ccccn3)n(C)c2=O)cc1. The number of ether oxygens (including phenoxy) is 1. The first-order chi connectivity index (χ1) is 11.6. The van der Waals surface area contributed by atoms with Crippen LogP contribution in [0.1, 0.15) is 15.9 Å². The van der Waals surface area contributed by atoms with E-state index in [9.17, 15) is 9.59 Å². The summed E-state index contributed by atoms with van der Waals surface area (Å²) in [6.45, 7) is 0.307. The van der Waals surface area contributed by atoms with E-state index < -0.39 is 5.97 Å². The molecule has 2 aromatic heterocycles. The molecule has 0 amide bonds. The minimum absolute atomic E-state index is 0.229. The van der Waals surface area contributed by atoms with Crippen molar-refractivity contribution in [3.05, 3.63) is 70.3 Å². The third-order valence-corrected chi connectivity index (χ3v) is 3.64. The van der Waals surface area contributed by atoms with E-state index in [0.29, 0.717) is 23.6 Å². The Bertz CT molecular complexity index is 911. The Morgan fingerprint density at radius 2 is 1.92 bits per heavy atom. The molecule has 24 heavy (non-hydrogen) atoms. The number of benzene rings is 1. The minimum Gasteiger partial charge on any atom is -0.465 e. The third kappa shape index (κ3) is 2.96. The summed E-state index contributed by atoms with van der Waals surface area (Å²) < 4.78 is 7.50. The van der Waals surface area contributed by atoms with Crippen molar-refractivity contribution in [3.8, 4) is 11.5 Å². The van der Waals surface area contributed by atoms with Gasteiger partial charge in [0.2, 0.25) is 0 Å². The maximum atomic E-state index is 12.4. The van der Waals surface area contributed by atoms with Gasteiger partial charge >= 0.3 is 11.7 Å². The van der Waals surface area contributed by atoms with Crippen molar-refractivity contribution >= 4 is 5.97 Å². The molecule has 0 spiro atoms. The summed E-state index contributed by atoms with van der Waals surface area (Å²) in [5, 5.41) is 4.36. The largest absolute Gasteiger partial charge is 0.465 e. The molecule has 0 unspecified atom stereocenters. The van der Waals surface area contributed by atoms with Gasteiger partial charge in [0, 0.05) is 13.2 Å². The van der Waals surface area contributed by atoms with Gasteiger partial charge in [0.25, 0.3) is 0 Å². The van der Waals surface area contributed by atoms with Crippen molar-refractivity contribution in [2.45, 2.75) is 6.54 Å². The summed E-state index contributed by atoms with van der Waals surface area (Å²) in [4.78, 5) is 28.0. The lowest BCUT2D eigenvalue weighted by molar-refractivity contribution is 0.0600. The van der Waals surface area contributed by atoms with Gasteiger partial charge in [-0.25, -0.2) is 14.3 Å². The fraction of sp³-hybridized carbons (Fsp3) is 0.176.